The molecule has 0 amide bonds. The van der Waals surface area contributed by atoms with Crippen LogP contribution in [-0.2, 0) is 7.05 Å². The first-order chi connectivity index (χ1) is 4.79. The molecule has 10 heavy (non-hydrogen) atoms. The minimum Gasteiger partial charge on any atom is -0.290 e. The van der Waals surface area contributed by atoms with Crippen LogP contribution in [0.1, 0.15) is 5.69 Å². The van der Waals surface area contributed by atoms with Gasteiger partial charge in [-0.15, -0.1) is 0 Å². The van der Waals surface area contributed by atoms with Gasteiger partial charge in [-0.25, -0.2) is 9.50 Å². The van der Waals surface area contributed by atoms with Crippen LogP contribution in [-0.4, -0.2) is 14.2 Å². The van der Waals surface area contributed by atoms with Gasteiger partial charge in [-0.05, 0) is 6.92 Å². The Morgan fingerprint density at radius 2 is 2.30 bits per heavy atom. The third-order valence-electron chi connectivity index (χ3n) is 1.69. The molecule has 0 N–H and O–H groups in total. The van der Waals surface area contributed by atoms with Crippen LogP contribution in [0.4, 0.5) is 0 Å². The summed E-state index contributed by atoms with van der Waals surface area (Å²) in [5.74, 6) is 0. The highest BCUT2D eigenvalue weighted by atomic mass is 15.4. The van der Waals surface area contributed by atoms with Crippen LogP contribution in [0.3, 0.4) is 0 Å². The minimum atomic E-state index is 1.01. The highest BCUT2D eigenvalue weighted by molar-refractivity contribution is 5.38. The van der Waals surface area contributed by atoms with E-state index >= 15 is 0 Å². The summed E-state index contributed by atoms with van der Waals surface area (Å²) in [5, 5.41) is 0. The summed E-state index contributed by atoms with van der Waals surface area (Å²) >= 11 is 0. The maximum atomic E-state index is 4.18. The van der Waals surface area contributed by atoms with Gasteiger partial charge in [0, 0.05) is 19.3 Å². The highest BCUT2D eigenvalue weighted by Crippen LogP contribution is 2.04. The van der Waals surface area contributed by atoms with E-state index in [1.54, 1.807) is 0 Å². The lowest BCUT2D eigenvalue weighted by Gasteiger charge is -1.95. The van der Waals surface area contributed by atoms with Crippen molar-refractivity contribution in [2.24, 2.45) is 7.05 Å². The summed E-state index contributed by atoms with van der Waals surface area (Å²) in [4.78, 5) is 4.18. The molecule has 0 saturated heterocycles. The van der Waals surface area contributed by atoms with Crippen molar-refractivity contribution in [3.05, 3.63) is 24.2 Å². The van der Waals surface area contributed by atoms with Crippen LogP contribution < -0.4 is 0 Å². The Bertz CT molecular complexity index is 324. The van der Waals surface area contributed by atoms with Gasteiger partial charge in [-0.3, -0.25) is 4.68 Å². The molecule has 2 rings (SSSR count). The van der Waals surface area contributed by atoms with E-state index in [2.05, 4.69) is 9.50 Å². The molecule has 0 aliphatic heterocycles. The van der Waals surface area contributed by atoms with Crippen molar-refractivity contribution in [2.75, 3.05) is 0 Å². The molecule has 52 valence electrons. The standard InChI is InChI=1S/C7H9N3/c1-6-5-8-7-3-4-9(2)10(6)7/h3-5H,1-2H3. The van der Waals surface area contributed by atoms with Gasteiger partial charge in [0.1, 0.15) is 0 Å². The zero-order valence-corrected chi connectivity index (χ0v) is 6.07. The number of aromatic nitrogens is 3. The highest BCUT2D eigenvalue weighted by Gasteiger charge is 1.99. The first kappa shape index (κ1) is 5.53. The third kappa shape index (κ3) is 0.518. The molecular weight excluding hydrogens is 126 g/mol. The smallest absolute Gasteiger partial charge is 0.153 e. The molecule has 2 heterocycles. The van der Waals surface area contributed by atoms with Crippen LogP contribution in [0.25, 0.3) is 5.65 Å². The molecule has 0 aliphatic rings. The molecule has 3 nitrogen and oxygen atoms in total. The number of fused-ring (bicyclic) bond motifs is 1. The van der Waals surface area contributed by atoms with E-state index in [0.29, 0.717) is 0 Å². The molecule has 0 atom stereocenters. The summed E-state index contributed by atoms with van der Waals surface area (Å²) in [6.07, 6.45) is 3.87. The molecule has 0 unspecified atom stereocenters. The lowest BCUT2D eigenvalue weighted by molar-refractivity contribution is 0.693. The van der Waals surface area contributed by atoms with Gasteiger partial charge < -0.3 is 0 Å². The fourth-order valence-electron chi connectivity index (χ4n) is 1.21. The maximum absolute atomic E-state index is 4.18. The van der Waals surface area contributed by atoms with Gasteiger partial charge in [-0.2, -0.15) is 0 Å². The average molecular weight is 135 g/mol. The number of rotatable bonds is 0. The van der Waals surface area contributed by atoms with Gasteiger partial charge in [0.25, 0.3) is 0 Å². The summed E-state index contributed by atoms with van der Waals surface area (Å²) in [6.45, 7) is 2.04. The predicted molar refractivity (Wildman–Crippen MR) is 38.9 cm³/mol. The Morgan fingerprint density at radius 3 is 3.00 bits per heavy atom. The van der Waals surface area contributed by atoms with E-state index < -0.39 is 0 Å². The molecule has 0 aliphatic carbocycles. The maximum Gasteiger partial charge on any atom is 0.153 e. The second-order valence-corrected chi connectivity index (χ2v) is 2.46. The zero-order chi connectivity index (χ0) is 7.14. The average Bonchev–Trinajstić information content (AvgIpc) is 2.40. The Morgan fingerprint density at radius 1 is 1.50 bits per heavy atom. The Balaban J connectivity index is 2.98. The molecule has 0 fully saturated rings. The molecule has 0 radical (unpaired) electrons. The SMILES string of the molecule is Cc1cnc2ccn(C)n12. The van der Waals surface area contributed by atoms with Crippen LogP contribution in [0.2, 0.25) is 0 Å². The van der Waals surface area contributed by atoms with Gasteiger partial charge in [-0.1, -0.05) is 0 Å². The summed E-state index contributed by atoms with van der Waals surface area (Å²) < 4.78 is 4.07. The van der Waals surface area contributed by atoms with Crippen LogP contribution in [0.15, 0.2) is 18.5 Å². The molecule has 0 bridgehead atoms. The summed E-state index contributed by atoms with van der Waals surface area (Å²) in [7, 11) is 2.00. The van der Waals surface area contributed by atoms with Crippen LogP contribution >= 0.6 is 0 Å². The Kier molecular flexibility index (Phi) is 0.897. The summed E-state index contributed by atoms with van der Waals surface area (Å²) in [5.41, 5.74) is 2.18. The second kappa shape index (κ2) is 1.62. The fourth-order valence-corrected chi connectivity index (χ4v) is 1.21. The van der Waals surface area contributed by atoms with Crippen molar-refractivity contribution in [1.29, 1.82) is 0 Å². The molecule has 0 spiro atoms. The first-order valence-electron chi connectivity index (χ1n) is 3.25. The zero-order valence-electron chi connectivity index (χ0n) is 6.07. The normalized spacial score (nSPS) is 11.0. The Labute approximate surface area is 58.9 Å². The van der Waals surface area contributed by atoms with Crippen molar-refractivity contribution in [1.82, 2.24) is 14.2 Å². The minimum absolute atomic E-state index is 1.01. The van der Waals surface area contributed by atoms with E-state index in [0.717, 1.165) is 5.65 Å². The van der Waals surface area contributed by atoms with Crippen LogP contribution in [0.5, 0.6) is 0 Å². The largest absolute Gasteiger partial charge is 0.290 e. The third-order valence-corrected chi connectivity index (χ3v) is 1.69. The fraction of sp³-hybridized carbons (Fsp3) is 0.286. The number of nitrogens with zero attached hydrogens (tertiary/aromatic N) is 3. The van der Waals surface area contributed by atoms with Crippen molar-refractivity contribution >= 4 is 5.65 Å². The van der Waals surface area contributed by atoms with E-state index in [-0.39, 0.29) is 0 Å². The van der Waals surface area contributed by atoms with Crippen molar-refractivity contribution in [3.8, 4) is 0 Å². The van der Waals surface area contributed by atoms with Crippen molar-refractivity contribution in [3.63, 3.8) is 0 Å². The molecular formula is C7H9N3. The van der Waals surface area contributed by atoms with Crippen molar-refractivity contribution in [2.45, 2.75) is 6.92 Å². The predicted octanol–water partition coefficient (Wildman–Crippen LogP) is 0.981. The molecule has 0 saturated carbocycles. The molecule has 2 aromatic heterocycles. The molecule has 2 aromatic rings. The number of aryl methyl sites for hydroxylation is 2. The Hall–Kier alpha value is -1.25. The lowest BCUT2D eigenvalue weighted by Crippen LogP contribution is -1.97. The number of imidazole rings is 1. The number of hydrogen-bond acceptors (Lipinski definition) is 1. The first-order valence-corrected chi connectivity index (χ1v) is 3.25. The van der Waals surface area contributed by atoms with Gasteiger partial charge in [0.05, 0.1) is 11.9 Å². The molecule has 0 aromatic carbocycles. The number of hydrogen-bond donors (Lipinski definition) is 0. The van der Waals surface area contributed by atoms with E-state index in [1.807, 2.05) is 37.1 Å². The van der Waals surface area contributed by atoms with E-state index in [4.69, 9.17) is 0 Å². The van der Waals surface area contributed by atoms with Gasteiger partial charge in [0.2, 0.25) is 0 Å². The second-order valence-electron chi connectivity index (χ2n) is 2.46. The quantitative estimate of drug-likeness (QED) is 0.528. The van der Waals surface area contributed by atoms with E-state index in [9.17, 15) is 0 Å². The van der Waals surface area contributed by atoms with Gasteiger partial charge in [0.15, 0.2) is 5.65 Å². The van der Waals surface area contributed by atoms with Gasteiger partial charge >= 0.3 is 0 Å². The monoisotopic (exact) mass is 135 g/mol. The lowest BCUT2D eigenvalue weighted by atomic mass is 10.6. The summed E-state index contributed by atoms with van der Waals surface area (Å²) in [6, 6.07) is 1.99. The van der Waals surface area contributed by atoms with Crippen LogP contribution in [0, 0.1) is 6.92 Å². The van der Waals surface area contributed by atoms with Crippen molar-refractivity contribution < 1.29 is 0 Å². The molecule has 3 heteroatoms. The van der Waals surface area contributed by atoms with E-state index in [1.165, 1.54) is 5.69 Å². The topological polar surface area (TPSA) is 22.2 Å².